The quantitative estimate of drug-likeness (QED) is 0.767. The van der Waals surface area contributed by atoms with E-state index < -0.39 is 11.5 Å². The molecule has 2 heterocycles. The van der Waals surface area contributed by atoms with Crippen LogP contribution < -0.4 is 10.9 Å². The van der Waals surface area contributed by atoms with Crippen LogP contribution in [0.4, 0.5) is 0 Å². The number of benzene rings is 1. The standard InChI is InChI=1S/C18H17N3O2S/c1-11-4-3-5-13(8-11)16-7-6-15(18(23)21-16)17(22)19-9-14-10-24-12(2)20-14/h3-8,10H,9H2,1-2H3,(H,19,22)(H,21,23). The van der Waals surface area contributed by atoms with Gasteiger partial charge in [-0.2, -0.15) is 0 Å². The van der Waals surface area contributed by atoms with Crippen LogP contribution in [0.1, 0.15) is 26.6 Å². The minimum atomic E-state index is -0.405. The van der Waals surface area contributed by atoms with Crippen molar-refractivity contribution in [3.8, 4) is 11.3 Å². The van der Waals surface area contributed by atoms with E-state index in [2.05, 4.69) is 15.3 Å². The van der Waals surface area contributed by atoms with Gasteiger partial charge in [-0.15, -0.1) is 11.3 Å². The van der Waals surface area contributed by atoms with Gasteiger partial charge in [-0.1, -0.05) is 23.8 Å². The highest BCUT2D eigenvalue weighted by atomic mass is 32.1. The molecule has 1 aromatic carbocycles. The normalized spacial score (nSPS) is 10.6. The Morgan fingerprint density at radius 2 is 2.08 bits per heavy atom. The molecule has 122 valence electrons. The summed E-state index contributed by atoms with van der Waals surface area (Å²) in [5.41, 5.74) is 3.19. The molecule has 3 aromatic rings. The Hall–Kier alpha value is -2.73. The summed E-state index contributed by atoms with van der Waals surface area (Å²) in [6, 6.07) is 11.1. The van der Waals surface area contributed by atoms with Gasteiger partial charge in [0.15, 0.2) is 0 Å². The first-order chi connectivity index (χ1) is 11.5. The van der Waals surface area contributed by atoms with E-state index in [1.807, 2.05) is 43.5 Å². The van der Waals surface area contributed by atoms with Crippen molar-refractivity contribution in [3.05, 3.63) is 74.0 Å². The number of nitrogens with zero attached hydrogens (tertiary/aromatic N) is 1. The van der Waals surface area contributed by atoms with Crippen molar-refractivity contribution < 1.29 is 4.79 Å². The van der Waals surface area contributed by atoms with E-state index in [9.17, 15) is 9.59 Å². The molecule has 0 aliphatic rings. The number of thiazole rings is 1. The van der Waals surface area contributed by atoms with E-state index in [0.29, 0.717) is 12.2 Å². The predicted molar refractivity (Wildman–Crippen MR) is 95.3 cm³/mol. The second kappa shape index (κ2) is 6.80. The van der Waals surface area contributed by atoms with E-state index in [-0.39, 0.29) is 5.56 Å². The number of aromatic nitrogens is 2. The summed E-state index contributed by atoms with van der Waals surface area (Å²) < 4.78 is 0. The maximum Gasteiger partial charge on any atom is 0.261 e. The van der Waals surface area contributed by atoms with E-state index in [1.54, 1.807) is 12.1 Å². The third kappa shape index (κ3) is 3.60. The topological polar surface area (TPSA) is 74.8 Å². The average Bonchev–Trinajstić information content (AvgIpc) is 2.98. The average molecular weight is 339 g/mol. The molecule has 24 heavy (non-hydrogen) atoms. The zero-order valence-electron chi connectivity index (χ0n) is 13.4. The lowest BCUT2D eigenvalue weighted by Gasteiger charge is -2.06. The summed E-state index contributed by atoms with van der Waals surface area (Å²) in [4.78, 5) is 31.5. The zero-order valence-corrected chi connectivity index (χ0v) is 14.2. The number of carbonyl (C=O) groups is 1. The molecule has 0 unspecified atom stereocenters. The number of carbonyl (C=O) groups excluding carboxylic acids is 1. The molecule has 3 rings (SSSR count). The first-order valence-corrected chi connectivity index (χ1v) is 8.40. The SMILES string of the molecule is Cc1cccc(-c2ccc(C(=O)NCc3csc(C)n3)c(=O)[nH]2)c1. The number of hydrogen-bond donors (Lipinski definition) is 2. The lowest BCUT2D eigenvalue weighted by Crippen LogP contribution is -2.29. The molecule has 1 amide bonds. The van der Waals surface area contributed by atoms with Crippen molar-refractivity contribution in [1.82, 2.24) is 15.3 Å². The van der Waals surface area contributed by atoms with Gasteiger partial charge in [0.1, 0.15) is 5.56 Å². The Kier molecular flexibility index (Phi) is 4.57. The van der Waals surface area contributed by atoms with Gasteiger partial charge in [-0.05, 0) is 37.6 Å². The molecule has 0 atom stereocenters. The molecular weight excluding hydrogens is 322 g/mol. The lowest BCUT2D eigenvalue weighted by atomic mass is 10.1. The Morgan fingerprint density at radius 1 is 1.25 bits per heavy atom. The number of hydrogen-bond acceptors (Lipinski definition) is 4. The molecule has 0 saturated heterocycles. The monoisotopic (exact) mass is 339 g/mol. The molecule has 0 bridgehead atoms. The molecule has 6 heteroatoms. The first-order valence-electron chi connectivity index (χ1n) is 7.52. The van der Waals surface area contributed by atoms with Gasteiger partial charge in [-0.3, -0.25) is 9.59 Å². The number of aromatic amines is 1. The molecule has 0 saturated carbocycles. The number of nitrogens with one attached hydrogen (secondary N) is 2. The summed E-state index contributed by atoms with van der Waals surface area (Å²) in [6.07, 6.45) is 0. The number of H-pyrrole nitrogens is 1. The fourth-order valence-electron chi connectivity index (χ4n) is 2.39. The van der Waals surface area contributed by atoms with E-state index >= 15 is 0 Å². The van der Waals surface area contributed by atoms with E-state index in [0.717, 1.165) is 21.8 Å². The highest BCUT2D eigenvalue weighted by Crippen LogP contribution is 2.17. The van der Waals surface area contributed by atoms with Gasteiger partial charge < -0.3 is 10.3 Å². The van der Waals surface area contributed by atoms with Crippen LogP contribution in [-0.4, -0.2) is 15.9 Å². The predicted octanol–water partition coefficient (Wildman–Crippen LogP) is 3.05. The molecule has 0 spiro atoms. The number of pyridine rings is 1. The smallest absolute Gasteiger partial charge is 0.261 e. The maximum atomic E-state index is 12.2. The van der Waals surface area contributed by atoms with Crippen molar-refractivity contribution in [2.45, 2.75) is 20.4 Å². The van der Waals surface area contributed by atoms with Crippen molar-refractivity contribution in [3.63, 3.8) is 0 Å². The maximum absolute atomic E-state index is 12.2. The minimum Gasteiger partial charge on any atom is -0.346 e. The van der Waals surface area contributed by atoms with E-state index in [1.165, 1.54) is 11.3 Å². The van der Waals surface area contributed by atoms with Crippen LogP contribution in [0.2, 0.25) is 0 Å². The number of aryl methyl sites for hydroxylation is 2. The molecule has 2 aromatic heterocycles. The van der Waals surface area contributed by atoms with Gasteiger partial charge in [0, 0.05) is 11.1 Å². The molecule has 0 fully saturated rings. The summed E-state index contributed by atoms with van der Waals surface area (Å²) in [5.74, 6) is -0.405. The summed E-state index contributed by atoms with van der Waals surface area (Å²) in [5, 5.41) is 5.56. The summed E-state index contributed by atoms with van der Waals surface area (Å²) >= 11 is 1.53. The van der Waals surface area contributed by atoms with Crippen LogP contribution >= 0.6 is 11.3 Å². The van der Waals surface area contributed by atoms with Gasteiger partial charge in [0.2, 0.25) is 0 Å². The molecule has 0 radical (unpaired) electrons. The number of rotatable bonds is 4. The number of amides is 1. The molecule has 0 aliphatic heterocycles. The fourth-order valence-corrected chi connectivity index (χ4v) is 3.00. The van der Waals surface area contributed by atoms with Crippen LogP contribution in [0.5, 0.6) is 0 Å². The Morgan fingerprint density at radius 3 is 2.75 bits per heavy atom. The Balaban J connectivity index is 1.77. The van der Waals surface area contributed by atoms with Crippen molar-refractivity contribution in [1.29, 1.82) is 0 Å². The summed E-state index contributed by atoms with van der Waals surface area (Å²) in [7, 11) is 0. The summed E-state index contributed by atoms with van der Waals surface area (Å²) in [6.45, 7) is 4.20. The second-order valence-corrected chi connectivity index (χ2v) is 6.59. The van der Waals surface area contributed by atoms with Crippen LogP contribution in [0.15, 0.2) is 46.6 Å². The Labute approximate surface area is 143 Å². The van der Waals surface area contributed by atoms with Gasteiger partial charge >= 0.3 is 0 Å². The first kappa shape index (κ1) is 16.1. The largest absolute Gasteiger partial charge is 0.346 e. The zero-order chi connectivity index (χ0) is 17.1. The second-order valence-electron chi connectivity index (χ2n) is 5.52. The molecule has 5 nitrogen and oxygen atoms in total. The van der Waals surface area contributed by atoms with Gasteiger partial charge in [-0.25, -0.2) is 4.98 Å². The van der Waals surface area contributed by atoms with Gasteiger partial charge in [0.25, 0.3) is 11.5 Å². The van der Waals surface area contributed by atoms with Crippen LogP contribution in [0.25, 0.3) is 11.3 Å². The van der Waals surface area contributed by atoms with Gasteiger partial charge in [0.05, 0.1) is 17.2 Å². The minimum absolute atomic E-state index is 0.0957. The fraction of sp³-hybridized carbons (Fsp3) is 0.167. The Bertz CT molecular complexity index is 943. The van der Waals surface area contributed by atoms with Crippen molar-refractivity contribution in [2.75, 3.05) is 0 Å². The van der Waals surface area contributed by atoms with Crippen molar-refractivity contribution in [2.24, 2.45) is 0 Å². The third-order valence-electron chi connectivity index (χ3n) is 3.58. The van der Waals surface area contributed by atoms with Crippen LogP contribution in [0.3, 0.4) is 0 Å². The van der Waals surface area contributed by atoms with Crippen molar-refractivity contribution >= 4 is 17.2 Å². The molecule has 0 aliphatic carbocycles. The highest BCUT2D eigenvalue weighted by molar-refractivity contribution is 7.09. The molecule has 2 N–H and O–H groups in total. The highest BCUT2D eigenvalue weighted by Gasteiger charge is 2.12. The van der Waals surface area contributed by atoms with E-state index in [4.69, 9.17) is 0 Å². The molecular formula is C18H17N3O2S. The van der Waals surface area contributed by atoms with Crippen LogP contribution in [0, 0.1) is 13.8 Å². The van der Waals surface area contributed by atoms with Crippen LogP contribution in [-0.2, 0) is 6.54 Å². The third-order valence-corrected chi connectivity index (χ3v) is 4.40. The lowest BCUT2D eigenvalue weighted by molar-refractivity contribution is 0.0949.